The van der Waals surface area contributed by atoms with E-state index in [0.717, 1.165) is 32.1 Å². The summed E-state index contributed by atoms with van der Waals surface area (Å²) in [4.78, 5) is 37.8. The van der Waals surface area contributed by atoms with Crippen LogP contribution in [0.3, 0.4) is 0 Å². The average Bonchev–Trinajstić information content (AvgIpc) is 3.15. The monoisotopic (exact) mass is 819 g/mol. The normalized spacial score (nSPS) is 13.5. The van der Waals surface area contributed by atoms with Gasteiger partial charge in [0.05, 0.1) is 27.2 Å². The topological polar surface area (TPSA) is 137 Å². The molecular weight excluding hydrogens is 727 g/mol. The first kappa shape index (κ1) is 55.0. The minimum Gasteiger partial charge on any atom is -0.756 e. The summed E-state index contributed by atoms with van der Waals surface area (Å²) in [6.07, 6.45) is 36.7. The van der Waals surface area contributed by atoms with E-state index in [1.54, 1.807) is 0 Å². The fraction of sp³-hybridized carbons (Fsp3) is 0.956. The second kappa shape index (κ2) is 39.4. The minimum absolute atomic E-state index is 0.0638. The largest absolute Gasteiger partial charge is 0.756 e. The molecule has 10 nitrogen and oxygen atoms in total. The lowest BCUT2D eigenvalue weighted by molar-refractivity contribution is -0.889. The molecule has 0 heterocycles. The van der Waals surface area contributed by atoms with Crippen LogP contribution in [0.1, 0.15) is 219 Å². The Kier molecular flexibility index (Phi) is 38.7. The molecule has 0 saturated heterocycles. The van der Waals surface area contributed by atoms with Crippen molar-refractivity contribution in [1.29, 1.82) is 0 Å². The van der Waals surface area contributed by atoms with Crippen molar-refractivity contribution in [2.45, 2.75) is 225 Å². The fourth-order valence-electron chi connectivity index (χ4n) is 6.97. The molecule has 0 rings (SSSR count). The Labute approximate surface area is 345 Å². The first-order valence-electron chi connectivity index (χ1n) is 23.5. The maximum Gasteiger partial charge on any atom is 0.306 e. The van der Waals surface area contributed by atoms with E-state index in [4.69, 9.17) is 24.3 Å². The zero-order chi connectivity index (χ0) is 41.4. The van der Waals surface area contributed by atoms with Gasteiger partial charge in [0.1, 0.15) is 19.8 Å². The Balaban J connectivity index is 4.40. The quantitative estimate of drug-likeness (QED) is 0.0276. The minimum atomic E-state index is -4.67. The number of quaternary nitrogens is 1. The molecule has 0 aliphatic rings. The van der Waals surface area contributed by atoms with Crippen LogP contribution in [0.2, 0.25) is 0 Å². The number of unbranched alkanes of at least 4 members (excludes halogenated alkanes) is 28. The predicted molar refractivity (Wildman–Crippen MR) is 230 cm³/mol. The summed E-state index contributed by atoms with van der Waals surface area (Å²) < 4.78 is 34.2. The molecule has 11 heteroatoms. The van der Waals surface area contributed by atoms with Gasteiger partial charge in [-0.05, 0) is 12.8 Å². The average molecular weight is 819 g/mol. The van der Waals surface area contributed by atoms with Crippen molar-refractivity contribution in [3.8, 4) is 0 Å². The summed E-state index contributed by atoms with van der Waals surface area (Å²) in [5, 5.41) is 0. The molecule has 0 aromatic carbocycles. The van der Waals surface area contributed by atoms with Gasteiger partial charge in [-0.2, -0.15) is 0 Å². The molecular formula is C45H91N2O8P. The molecule has 334 valence electrons. The van der Waals surface area contributed by atoms with Gasteiger partial charge in [-0.25, -0.2) is 0 Å². The molecule has 0 fully saturated rings. The van der Waals surface area contributed by atoms with Crippen LogP contribution in [0.5, 0.6) is 0 Å². The fourth-order valence-corrected chi connectivity index (χ4v) is 7.70. The Morgan fingerprint density at radius 1 is 0.536 bits per heavy atom. The molecule has 0 aliphatic carbocycles. The van der Waals surface area contributed by atoms with Gasteiger partial charge in [0.25, 0.3) is 7.82 Å². The van der Waals surface area contributed by atoms with E-state index in [0.29, 0.717) is 30.5 Å². The number of nitrogens with zero attached hydrogens (tertiary/aromatic N) is 1. The third-order valence-electron chi connectivity index (χ3n) is 10.8. The van der Waals surface area contributed by atoms with Crippen LogP contribution in [0.15, 0.2) is 0 Å². The number of phosphoric ester groups is 1. The Morgan fingerprint density at radius 3 is 1.27 bits per heavy atom. The molecule has 0 aromatic heterocycles. The van der Waals surface area contributed by atoms with Gasteiger partial charge in [-0.15, -0.1) is 0 Å². The number of hydrogen-bond acceptors (Lipinski definition) is 9. The maximum atomic E-state index is 12.7. The third kappa shape index (κ3) is 39.8. The molecule has 2 N–H and O–H groups in total. The summed E-state index contributed by atoms with van der Waals surface area (Å²) in [5.41, 5.74) is 5.64. The van der Waals surface area contributed by atoms with Crippen molar-refractivity contribution in [3.05, 3.63) is 0 Å². The van der Waals surface area contributed by atoms with Gasteiger partial charge in [0, 0.05) is 19.4 Å². The van der Waals surface area contributed by atoms with E-state index in [1.807, 2.05) is 14.1 Å². The van der Waals surface area contributed by atoms with E-state index < -0.39 is 26.5 Å². The Bertz CT molecular complexity index is 938. The molecule has 0 amide bonds. The molecule has 2 atom stereocenters. The molecule has 56 heavy (non-hydrogen) atoms. The molecule has 0 bridgehead atoms. The van der Waals surface area contributed by atoms with Crippen molar-refractivity contribution < 1.29 is 42.1 Å². The van der Waals surface area contributed by atoms with Gasteiger partial charge >= 0.3 is 11.9 Å². The van der Waals surface area contributed by atoms with Crippen molar-refractivity contribution in [2.24, 2.45) is 5.73 Å². The van der Waals surface area contributed by atoms with E-state index in [1.165, 1.54) is 154 Å². The van der Waals surface area contributed by atoms with E-state index in [2.05, 4.69) is 13.8 Å². The third-order valence-corrected chi connectivity index (χ3v) is 11.8. The van der Waals surface area contributed by atoms with E-state index >= 15 is 0 Å². The van der Waals surface area contributed by atoms with Gasteiger partial charge in [-0.3, -0.25) is 14.2 Å². The lowest BCUT2D eigenvalue weighted by Gasteiger charge is -2.31. The van der Waals surface area contributed by atoms with Gasteiger partial charge in [0.15, 0.2) is 6.10 Å². The highest BCUT2D eigenvalue weighted by atomic mass is 31.2. The molecule has 0 aromatic rings. The lowest BCUT2D eigenvalue weighted by Crippen LogP contribution is -2.45. The number of nitrogens with two attached hydrogens (primary N) is 1. The molecule has 0 aliphatic heterocycles. The summed E-state index contributed by atoms with van der Waals surface area (Å²) in [6, 6.07) is 0. The summed E-state index contributed by atoms with van der Waals surface area (Å²) in [6.45, 7) is 5.30. The van der Waals surface area contributed by atoms with Crippen molar-refractivity contribution in [2.75, 3.05) is 53.6 Å². The van der Waals surface area contributed by atoms with Gasteiger partial charge in [-0.1, -0.05) is 194 Å². The van der Waals surface area contributed by atoms with Crippen LogP contribution in [0, 0.1) is 0 Å². The highest BCUT2D eigenvalue weighted by Crippen LogP contribution is 2.38. The number of phosphoric acid groups is 1. The SMILES string of the molecule is CCCCCCCCCCCCCCCCCC(=O)OC[C@H](COP(=O)([O-])OCC[N+](C)(C)CCN)OC(=O)CCCCCCCCCCCCCCCCC. The predicted octanol–water partition coefficient (Wildman–Crippen LogP) is 11.5. The summed E-state index contributed by atoms with van der Waals surface area (Å²) in [5.74, 6) is -0.834. The smallest absolute Gasteiger partial charge is 0.306 e. The highest BCUT2D eigenvalue weighted by Gasteiger charge is 2.22. The van der Waals surface area contributed by atoms with Crippen LogP contribution in [0.4, 0.5) is 0 Å². The molecule has 0 spiro atoms. The van der Waals surface area contributed by atoms with E-state index in [-0.39, 0.29) is 32.0 Å². The Hall–Kier alpha value is -1.03. The number of carbonyl (C=O) groups is 2. The number of likely N-dealkylation sites (N-methyl/N-ethyl adjacent to an activating group) is 1. The first-order valence-corrected chi connectivity index (χ1v) is 25.0. The lowest BCUT2D eigenvalue weighted by atomic mass is 10.0. The van der Waals surface area contributed by atoms with Crippen molar-refractivity contribution in [1.82, 2.24) is 0 Å². The first-order chi connectivity index (χ1) is 27.0. The number of esters is 2. The standard InChI is InChI=1S/C45H91N2O8P/c1-5-7-9-11-13-15-17-19-21-23-25-27-29-31-33-35-44(48)52-41-43(42-54-56(50,51)53-40-39-47(3,4)38-37-46)55-45(49)36-34-32-30-28-26-24-22-20-18-16-14-12-10-8-6-2/h43H,5-42,46H2,1-4H3/t43-/m1/s1. The second-order valence-corrected chi connectivity index (χ2v) is 18.4. The zero-order valence-electron chi connectivity index (χ0n) is 37.2. The summed E-state index contributed by atoms with van der Waals surface area (Å²) >= 11 is 0. The molecule has 1 unspecified atom stereocenters. The van der Waals surface area contributed by atoms with Crippen molar-refractivity contribution in [3.63, 3.8) is 0 Å². The van der Waals surface area contributed by atoms with Crippen LogP contribution in [-0.4, -0.2) is 76.1 Å². The Morgan fingerprint density at radius 2 is 0.893 bits per heavy atom. The van der Waals surface area contributed by atoms with Crippen LogP contribution < -0.4 is 10.6 Å². The van der Waals surface area contributed by atoms with Crippen LogP contribution in [-0.2, 0) is 32.7 Å². The van der Waals surface area contributed by atoms with Crippen molar-refractivity contribution >= 4 is 19.8 Å². The van der Waals surface area contributed by atoms with E-state index in [9.17, 15) is 19.0 Å². The number of ether oxygens (including phenoxy) is 2. The second-order valence-electron chi connectivity index (χ2n) is 16.9. The van der Waals surface area contributed by atoms with Gasteiger partial charge < -0.3 is 33.6 Å². The van der Waals surface area contributed by atoms with Crippen LogP contribution >= 0.6 is 7.82 Å². The summed E-state index contributed by atoms with van der Waals surface area (Å²) in [7, 11) is -0.787. The number of hydrogen-bond donors (Lipinski definition) is 1. The van der Waals surface area contributed by atoms with Gasteiger partial charge in [0.2, 0.25) is 0 Å². The maximum absolute atomic E-state index is 12.7. The van der Waals surface area contributed by atoms with Crippen LogP contribution in [0.25, 0.3) is 0 Å². The molecule has 0 saturated carbocycles. The number of rotatable bonds is 44. The zero-order valence-corrected chi connectivity index (χ0v) is 38.1. The number of carbonyl (C=O) groups excluding carboxylic acids is 2. The highest BCUT2D eigenvalue weighted by molar-refractivity contribution is 7.45. The molecule has 0 radical (unpaired) electrons.